The zero-order chi connectivity index (χ0) is 24.6. The van der Waals surface area contributed by atoms with Gasteiger partial charge in [0.2, 0.25) is 21.8 Å². The standard InChI is InChI=1S/C24H32ClN3O4S/c1-5-15-26-24(30)22(6-2)28(16-19-9-7-8-10-21(19)25)23(29)17-27(4)33(31,32)20-13-11-18(3)12-14-20/h7-14,22H,5-6,15-17H2,1-4H3,(H,26,30)/t22-/m1/s1. The van der Waals surface area contributed by atoms with Gasteiger partial charge in [-0.15, -0.1) is 0 Å². The van der Waals surface area contributed by atoms with Gasteiger partial charge < -0.3 is 10.2 Å². The molecule has 0 aromatic heterocycles. The monoisotopic (exact) mass is 493 g/mol. The van der Waals surface area contributed by atoms with Crippen LogP contribution in [0.25, 0.3) is 0 Å². The van der Waals surface area contributed by atoms with Gasteiger partial charge in [-0.3, -0.25) is 9.59 Å². The molecule has 0 unspecified atom stereocenters. The molecule has 2 amide bonds. The van der Waals surface area contributed by atoms with Crippen molar-refractivity contribution < 1.29 is 18.0 Å². The van der Waals surface area contributed by atoms with E-state index in [9.17, 15) is 18.0 Å². The zero-order valence-corrected chi connectivity index (χ0v) is 21.1. The Morgan fingerprint density at radius 3 is 2.27 bits per heavy atom. The Morgan fingerprint density at radius 2 is 1.70 bits per heavy atom. The number of hydrogen-bond acceptors (Lipinski definition) is 4. The summed E-state index contributed by atoms with van der Waals surface area (Å²) in [5.74, 6) is -0.754. The van der Waals surface area contributed by atoms with E-state index in [1.54, 1.807) is 36.4 Å². The summed E-state index contributed by atoms with van der Waals surface area (Å²) in [7, 11) is -2.51. The molecular weight excluding hydrogens is 462 g/mol. The van der Waals surface area contributed by atoms with Crippen LogP contribution in [-0.2, 0) is 26.2 Å². The Labute approximate surface area is 201 Å². The highest BCUT2D eigenvalue weighted by molar-refractivity contribution is 7.89. The van der Waals surface area contributed by atoms with Gasteiger partial charge >= 0.3 is 0 Å². The van der Waals surface area contributed by atoms with Gasteiger partial charge in [0.1, 0.15) is 6.04 Å². The first-order valence-corrected chi connectivity index (χ1v) is 12.8. The lowest BCUT2D eigenvalue weighted by atomic mass is 10.1. The van der Waals surface area contributed by atoms with Crippen LogP contribution in [0.3, 0.4) is 0 Å². The van der Waals surface area contributed by atoms with Crippen molar-refractivity contribution in [3.05, 3.63) is 64.7 Å². The number of likely N-dealkylation sites (N-methyl/N-ethyl adjacent to an activating group) is 1. The van der Waals surface area contributed by atoms with E-state index in [0.717, 1.165) is 16.3 Å². The number of halogens is 1. The molecule has 0 saturated carbocycles. The van der Waals surface area contributed by atoms with E-state index in [-0.39, 0.29) is 17.3 Å². The van der Waals surface area contributed by atoms with Crippen molar-refractivity contribution in [2.45, 2.75) is 51.1 Å². The third-order valence-electron chi connectivity index (χ3n) is 5.32. The predicted molar refractivity (Wildman–Crippen MR) is 130 cm³/mol. The highest BCUT2D eigenvalue weighted by atomic mass is 35.5. The summed E-state index contributed by atoms with van der Waals surface area (Å²) in [6.45, 7) is 5.80. The number of carbonyl (C=O) groups is 2. The fourth-order valence-electron chi connectivity index (χ4n) is 3.35. The van der Waals surface area contributed by atoms with Crippen LogP contribution in [0.1, 0.15) is 37.8 Å². The number of rotatable bonds is 11. The molecule has 0 aliphatic rings. The van der Waals surface area contributed by atoms with Crippen molar-refractivity contribution in [2.75, 3.05) is 20.1 Å². The molecule has 0 aliphatic carbocycles. The summed E-state index contributed by atoms with van der Waals surface area (Å²) < 4.78 is 27.0. The smallest absolute Gasteiger partial charge is 0.243 e. The number of aryl methyl sites for hydroxylation is 1. The van der Waals surface area contributed by atoms with Crippen molar-refractivity contribution in [2.24, 2.45) is 0 Å². The molecule has 2 aromatic carbocycles. The molecule has 2 aromatic rings. The quantitative estimate of drug-likeness (QED) is 0.518. The van der Waals surface area contributed by atoms with Crippen LogP contribution >= 0.6 is 11.6 Å². The van der Waals surface area contributed by atoms with Gasteiger partial charge in [-0.2, -0.15) is 4.31 Å². The first-order valence-electron chi connectivity index (χ1n) is 10.9. The number of sulfonamides is 1. The fourth-order valence-corrected chi connectivity index (χ4v) is 4.67. The van der Waals surface area contributed by atoms with Crippen LogP contribution in [0.5, 0.6) is 0 Å². The normalized spacial score (nSPS) is 12.4. The minimum Gasteiger partial charge on any atom is -0.354 e. The van der Waals surface area contributed by atoms with Crippen LogP contribution < -0.4 is 5.32 Å². The summed E-state index contributed by atoms with van der Waals surface area (Å²) in [5.41, 5.74) is 1.61. The molecule has 33 heavy (non-hydrogen) atoms. The van der Waals surface area contributed by atoms with Gasteiger partial charge in [0.25, 0.3) is 0 Å². The van der Waals surface area contributed by atoms with Gasteiger partial charge in [-0.05, 0) is 43.5 Å². The van der Waals surface area contributed by atoms with Crippen LogP contribution in [-0.4, -0.2) is 55.6 Å². The molecule has 0 spiro atoms. The van der Waals surface area contributed by atoms with Crippen LogP contribution in [0.4, 0.5) is 0 Å². The van der Waals surface area contributed by atoms with Crippen LogP contribution in [0.2, 0.25) is 5.02 Å². The average Bonchev–Trinajstić information content (AvgIpc) is 2.78. The second-order valence-electron chi connectivity index (χ2n) is 7.90. The third-order valence-corrected chi connectivity index (χ3v) is 7.51. The first-order chi connectivity index (χ1) is 15.6. The Balaban J connectivity index is 2.32. The van der Waals surface area contributed by atoms with E-state index in [1.165, 1.54) is 24.1 Å². The maximum absolute atomic E-state index is 13.4. The number of benzene rings is 2. The molecule has 9 heteroatoms. The molecule has 180 valence electrons. The summed E-state index contributed by atoms with van der Waals surface area (Å²) >= 11 is 6.31. The summed E-state index contributed by atoms with van der Waals surface area (Å²) in [4.78, 5) is 27.7. The van der Waals surface area contributed by atoms with E-state index in [2.05, 4.69) is 5.32 Å². The second kappa shape index (κ2) is 12.2. The minimum absolute atomic E-state index is 0.0922. The lowest BCUT2D eigenvalue weighted by molar-refractivity contribution is -0.141. The van der Waals surface area contributed by atoms with Crippen LogP contribution in [0.15, 0.2) is 53.4 Å². The molecule has 7 nitrogen and oxygen atoms in total. The molecular formula is C24H32ClN3O4S. The van der Waals surface area contributed by atoms with E-state index in [0.29, 0.717) is 23.6 Å². The number of nitrogens with zero attached hydrogens (tertiary/aromatic N) is 2. The number of hydrogen-bond donors (Lipinski definition) is 1. The van der Waals surface area contributed by atoms with Crippen molar-refractivity contribution in [1.29, 1.82) is 0 Å². The largest absolute Gasteiger partial charge is 0.354 e. The van der Waals surface area contributed by atoms with E-state index < -0.39 is 28.5 Å². The van der Waals surface area contributed by atoms with Crippen molar-refractivity contribution in [1.82, 2.24) is 14.5 Å². The summed E-state index contributed by atoms with van der Waals surface area (Å²) in [6.07, 6.45) is 1.14. The Morgan fingerprint density at radius 1 is 1.06 bits per heavy atom. The number of carbonyl (C=O) groups excluding carboxylic acids is 2. The van der Waals surface area contributed by atoms with Gasteiger partial charge in [0.15, 0.2) is 0 Å². The second-order valence-corrected chi connectivity index (χ2v) is 10.4. The molecule has 0 bridgehead atoms. The average molecular weight is 494 g/mol. The van der Waals surface area contributed by atoms with Gasteiger partial charge in [-0.25, -0.2) is 8.42 Å². The van der Waals surface area contributed by atoms with Gasteiger partial charge in [-0.1, -0.05) is 61.3 Å². The molecule has 1 atom stereocenters. The van der Waals surface area contributed by atoms with E-state index in [4.69, 9.17) is 11.6 Å². The topological polar surface area (TPSA) is 86.8 Å². The fraction of sp³-hybridized carbons (Fsp3) is 0.417. The van der Waals surface area contributed by atoms with E-state index >= 15 is 0 Å². The summed E-state index contributed by atoms with van der Waals surface area (Å²) in [5, 5.41) is 3.31. The molecule has 0 radical (unpaired) electrons. The molecule has 1 N–H and O–H groups in total. The Kier molecular flexibility index (Phi) is 9.88. The molecule has 0 fully saturated rings. The first kappa shape index (κ1) is 26.8. The SMILES string of the molecule is CCCNC(=O)[C@@H](CC)N(Cc1ccccc1Cl)C(=O)CN(C)S(=O)(=O)c1ccc(C)cc1. The van der Waals surface area contributed by atoms with Crippen molar-refractivity contribution in [3.8, 4) is 0 Å². The number of amides is 2. The molecule has 0 saturated heterocycles. The molecule has 2 rings (SSSR count). The third kappa shape index (κ3) is 7.03. The lowest BCUT2D eigenvalue weighted by Gasteiger charge is -2.32. The van der Waals surface area contributed by atoms with Gasteiger partial charge in [0.05, 0.1) is 11.4 Å². The maximum atomic E-state index is 13.4. The zero-order valence-electron chi connectivity index (χ0n) is 19.5. The highest BCUT2D eigenvalue weighted by Crippen LogP contribution is 2.21. The maximum Gasteiger partial charge on any atom is 0.243 e. The van der Waals surface area contributed by atoms with E-state index in [1.807, 2.05) is 20.8 Å². The van der Waals surface area contributed by atoms with Gasteiger partial charge in [0, 0.05) is 25.2 Å². The van der Waals surface area contributed by atoms with Crippen LogP contribution in [0, 0.1) is 6.92 Å². The Bertz CT molecular complexity index is 1060. The minimum atomic E-state index is -3.87. The molecule has 0 aliphatic heterocycles. The lowest BCUT2D eigenvalue weighted by Crippen LogP contribution is -2.51. The van der Waals surface area contributed by atoms with Crippen molar-refractivity contribution >= 4 is 33.4 Å². The number of nitrogens with one attached hydrogen (secondary N) is 1. The highest BCUT2D eigenvalue weighted by Gasteiger charge is 2.32. The molecule has 0 heterocycles. The summed E-state index contributed by atoms with van der Waals surface area (Å²) in [6, 6.07) is 12.8. The van der Waals surface area contributed by atoms with Crippen molar-refractivity contribution in [3.63, 3.8) is 0 Å². The Hall–Kier alpha value is -2.42. The predicted octanol–water partition coefficient (Wildman–Crippen LogP) is 3.60.